The van der Waals surface area contributed by atoms with Crippen molar-refractivity contribution in [2.75, 3.05) is 22.5 Å². The minimum Gasteiger partial charge on any atom is -0.301 e. The number of anilines is 2. The van der Waals surface area contributed by atoms with Crippen LogP contribution in [0.5, 0.6) is 0 Å². The minimum absolute atomic E-state index is 0.125. The van der Waals surface area contributed by atoms with E-state index < -0.39 is 11.0 Å². The van der Waals surface area contributed by atoms with Crippen molar-refractivity contribution in [1.29, 1.82) is 0 Å². The SMILES string of the molecule is O=C(Nc1ccccc1[N+](=O)[O-])N(C1=NCCS1)c1ccc(Cl)cc1. The normalized spacial score (nSPS) is 13.2. The molecule has 2 amide bonds. The fourth-order valence-corrected chi connectivity index (χ4v) is 3.26. The van der Waals surface area contributed by atoms with Gasteiger partial charge in [0.05, 0.1) is 17.2 Å². The number of urea groups is 1. The van der Waals surface area contributed by atoms with Gasteiger partial charge in [-0.25, -0.2) is 9.69 Å². The molecule has 0 fully saturated rings. The molecule has 2 aromatic carbocycles. The van der Waals surface area contributed by atoms with Crippen molar-refractivity contribution in [2.24, 2.45) is 4.99 Å². The van der Waals surface area contributed by atoms with Gasteiger partial charge in [-0.2, -0.15) is 0 Å². The summed E-state index contributed by atoms with van der Waals surface area (Å²) in [6.07, 6.45) is 0. The second kappa shape index (κ2) is 7.54. The second-order valence-corrected chi connectivity index (χ2v) is 6.53. The predicted molar refractivity (Wildman–Crippen MR) is 101 cm³/mol. The average Bonchev–Trinajstić information content (AvgIpc) is 3.11. The maximum atomic E-state index is 12.8. The summed E-state index contributed by atoms with van der Waals surface area (Å²) >= 11 is 7.36. The van der Waals surface area contributed by atoms with Gasteiger partial charge in [-0.05, 0) is 30.3 Å². The van der Waals surface area contributed by atoms with E-state index in [1.807, 2.05) is 0 Å². The summed E-state index contributed by atoms with van der Waals surface area (Å²) in [5.41, 5.74) is 0.529. The zero-order valence-electron chi connectivity index (χ0n) is 12.9. The number of para-hydroxylation sites is 2. The third kappa shape index (κ3) is 3.92. The van der Waals surface area contributed by atoms with E-state index in [0.717, 1.165) is 5.75 Å². The number of nitro benzene ring substituents is 1. The molecule has 0 saturated heterocycles. The van der Waals surface area contributed by atoms with E-state index in [-0.39, 0.29) is 11.4 Å². The molecule has 7 nitrogen and oxygen atoms in total. The molecule has 0 aliphatic carbocycles. The number of hydrogen-bond donors (Lipinski definition) is 1. The van der Waals surface area contributed by atoms with Crippen molar-refractivity contribution in [3.63, 3.8) is 0 Å². The van der Waals surface area contributed by atoms with Gasteiger partial charge in [-0.15, -0.1) is 0 Å². The highest BCUT2D eigenvalue weighted by atomic mass is 35.5. The quantitative estimate of drug-likeness (QED) is 0.635. The number of benzene rings is 2. The third-order valence-electron chi connectivity index (χ3n) is 3.39. The Labute approximate surface area is 152 Å². The fourth-order valence-electron chi connectivity index (χ4n) is 2.27. The summed E-state index contributed by atoms with van der Waals surface area (Å²) in [6.45, 7) is 0.614. The first-order valence-electron chi connectivity index (χ1n) is 7.33. The Morgan fingerprint density at radius 3 is 2.60 bits per heavy atom. The molecule has 1 N–H and O–H groups in total. The van der Waals surface area contributed by atoms with Crippen molar-refractivity contribution in [3.8, 4) is 0 Å². The predicted octanol–water partition coefficient (Wildman–Crippen LogP) is 4.39. The van der Waals surface area contributed by atoms with Crippen LogP contribution in [-0.2, 0) is 0 Å². The van der Waals surface area contributed by atoms with Crippen LogP contribution in [0.4, 0.5) is 21.9 Å². The maximum Gasteiger partial charge on any atom is 0.332 e. The molecule has 0 aromatic heterocycles. The largest absolute Gasteiger partial charge is 0.332 e. The van der Waals surface area contributed by atoms with Crippen LogP contribution in [0.15, 0.2) is 53.5 Å². The van der Waals surface area contributed by atoms with Gasteiger partial charge in [0.15, 0.2) is 5.17 Å². The van der Waals surface area contributed by atoms with Crippen LogP contribution in [0.3, 0.4) is 0 Å². The second-order valence-electron chi connectivity index (χ2n) is 5.03. The van der Waals surface area contributed by atoms with E-state index in [2.05, 4.69) is 10.3 Å². The van der Waals surface area contributed by atoms with Gasteiger partial charge < -0.3 is 5.32 Å². The van der Waals surface area contributed by atoms with E-state index in [1.54, 1.807) is 36.4 Å². The standard InChI is InChI=1S/C16H13ClN4O3S/c17-11-5-7-12(8-6-11)20(16-18-9-10-25-16)15(22)19-13-3-1-2-4-14(13)21(23)24/h1-8H,9-10H2,(H,19,22). The molecule has 0 radical (unpaired) electrons. The first kappa shape index (κ1) is 17.2. The van der Waals surface area contributed by atoms with E-state index in [0.29, 0.717) is 22.4 Å². The Kier molecular flexibility index (Phi) is 5.20. The lowest BCUT2D eigenvalue weighted by Crippen LogP contribution is -2.38. The molecular weight excluding hydrogens is 364 g/mol. The highest BCUT2D eigenvalue weighted by molar-refractivity contribution is 8.14. The van der Waals surface area contributed by atoms with E-state index in [1.165, 1.54) is 28.8 Å². The highest BCUT2D eigenvalue weighted by Crippen LogP contribution is 2.28. The number of carbonyl (C=O) groups excluding carboxylic acids is 1. The summed E-state index contributed by atoms with van der Waals surface area (Å²) in [4.78, 5) is 29.1. The first-order chi connectivity index (χ1) is 12.1. The zero-order valence-corrected chi connectivity index (χ0v) is 14.5. The van der Waals surface area contributed by atoms with Gasteiger partial charge in [-0.3, -0.25) is 15.1 Å². The molecule has 128 valence electrons. The molecule has 0 saturated carbocycles. The Balaban J connectivity index is 1.92. The van der Waals surface area contributed by atoms with E-state index in [4.69, 9.17) is 11.6 Å². The Morgan fingerprint density at radius 2 is 1.96 bits per heavy atom. The summed E-state index contributed by atoms with van der Waals surface area (Å²) < 4.78 is 0. The number of carbonyl (C=O) groups is 1. The topological polar surface area (TPSA) is 87.8 Å². The molecule has 1 heterocycles. The molecule has 3 rings (SSSR count). The molecule has 0 unspecified atom stereocenters. The number of aliphatic imine (C=N–C) groups is 1. The number of amides is 2. The Bertz CT molecular complexity index is 842. The summed E-state index contributed by atoms with van der Waals surface area (Å²) in [5.74, 6) is 0.776. The van der Waals surface area contributed by atoms with Gasteiger partial charge in [0.25, 0.3) is 5.69 Å². The van der Waals surface area contributed by atoms with Crippen molar-refractivity contribution < 1.29 is 9.72 Å². The lowest BCUT2D eigenvalue weighted by Gasteiger charge is -2.22. The number of nitro groups is 1. The van der Waals surface area contributed by atoms with Gasteiger partial charge in [0.1, 0.15) is 5.69 Å². The number of amidine groups is 1. The molecule has 9 heteroatoms. The third-order valence-corrected chi connectivity index (χ3v) is 4.60. The smallest absolute Gasteiger partial charge is 0.301 e. The summed E-state index contributed by atoms with van der Waals surface area (Å²) in [5, 5.41) is 14.8. The van der Waals surface area contributed by atoms with Gasteiger partial charge in [0.2, 0.25) is 0 Å². The number of hydrogen-bond acceptors (Lipinski definition) is 5. The molecule has 2 aromatic rings. The van der Waals surface area contributed by atoms with Crippen LogP contribution in [0.1, 0.15) is 0 Å². The molecule has 25 heavy (non-hydrogen) atoms. The van der Waals surface area contributed by atoms with Crippen LogP contribution in [-0.4, -0.2) is 28.4 Å². The lowest BCUT2D eigenvalue weighted by atomic mass is 10.2. The van der Waals surface area contributed by atoms with E-state index >= 15 is 0 Å². The average molecular weight is 377 g/mol. The van der Waals surface area contributed by atoms with Gasteiger partial charge >= 0.3 is 6.03 Å². The van der Waals surface area contributed by atoms with Crippen molar-refractivity contribution >= 4 is 51.6 Å². The molecule has 1 aliphatic rings. The lowest BCUT2D eigenvalue weighted by molar-refractivity contribution is -0.383. The number of rotatable bonds is 3. The summed E-state index contributed by atoms with van der Waals surface area (Å²) in [7, 11) is 0. The zero-order chi connectivity index (χ0) is 17.8. The van der Waals surface area contributed by atoms with Crippen LogP contribution in [0.2, 0.25) is 5.02 Å². The van der Waals surface area contributed by atoms with Crippen molar-refractivity contribution in [3.05, 3.63) is 63.7 Å². The van der Waals surface area contributed by atoms with Crippen LogP contribution < -0.4 is 10.2 Å². The molecular formula is C16H13ClN4O3S. The van der Waals surface area contributed by atoms with Crippen molar-refractivity contribution in [1.82, 2.24) is 0 Å². The van der Waals surface area contributed by atoms with Gasteiger partial charge in [0, 0.05) is 16.8 Å². The number of nitrogens with zero attached hydrogens (tertiary/aromatic N) is 3. The van der Waals surface area contributed by atoms with E-state index in [9.17, 15) is 14.9 Å². The Hall–Kier alpha value is -2.58. The highest BCUT2D eigenvalue weighted by Gasteiger charge is 2.26. The number of thioether (sulfide) groups is 1. The monoisotopic (exact) mass is 376 g/mol. The molecule has 0 spiro atoms. The maximum absolute atomic E-state index is 12.8. The molecule has 1 aliphatic heterocycles. The number of nitrogens with one attached hydrogen (secondary N) is 1. The molecule has 0 atom stereocenters. The van der Waals surface area contributed by atoms with Crippen LogP contribution in [0, 0.1) is 10.1 Å². The number of halogens is 1. The van der Waals surface area contributed by atoms with Gasteiger partial charge in [-0.1, -0.05) is 35.5 Å². The van der Waals surface area contributed by atoms with Crippen molar-refractivity contribution in [2.45, 2.75) is 0 Å². The minimum atomic E-state index is -0.538. The Morgan fingerprint density at radius 1 is 1.24 bits per heavy atom. The molecule has 0 bridgehead atoms. The van der Waals surface area contributed by atoms with Crippen LogP contribution >= 0.6 is 23.4 Å². The summed E-state index contributed by atoms with van der Waals surface area (Å²) in [6, 6.07) is 12.2. The first-order valence-corrected chi connectivity index (χ1v) is 8.70. The fraction of sp³-hybridized carbons (Fsp3) is 0.125. The van der Waals surface area contributed by atoms with Crippen LogP contribution in [0.25, 0.3) is 0 Å².